The Bertz CT molecular complexity index is 1180. The first-order chi connectivity index (χ1) is 15.1. The van der Waals surface area contributed by atoms with E-state index in [-0.39, 0.29) is 0 Å². The van der Waals surface area contributed by atoms with Crippen LogP contribution in [0.3, 0.4) is 0 Å². The first kappa shape index (κ1) is 20.5. The van der Waals surface area contributed by atoms with Crippen LogP contribution in [0.4, 0.5) is 11.4 Å². The van der Waals surface area contributed by atoms with E-state index in [1.54, 1.807) is 0 Å². The van der Waals surface area contributed by atoms with Crippen molar-refractivity contribution in [3.63, 3.8) is 0 Å². The maximum Gasteiger partial charge on any atom is 0.285 e. The molecule has 0 radical (unpaired) electrons. The fourth-order valence-corrected chi connectivity index (χ4v) is 5.38. The van der Waals surface area contributed by atoms with Gasteiger partial charge in [0.05, 0.1) is 34.5 Å². The number of aromatic nitrogens is 2. The number of hydrogen-bond acceptors (Lipinski definition) is 2. The molecule has 2 aliphatic rings. The number of fused-ring (bicyclic) bond motifs is 4. The number of anilines is 2. The number of imidazole rings is 1. The third-order valence-corrected chi connectivity index (χ3v) is 7.12. The fraction of sp³-hybridized carbons (Fsp3) is 0.320. The molecule has 31 heavy (non-hydrogen) atoms. The molecule has 2 aliphatic heterocycles. The molecule has 160 valence electrons. The van der Waals surface area contributed by atoms with Crippen molar-refractivity contribution in [3.8, 4) is 0 Å². The van der Waals surface area contributed by atoms with Crippen LogP contribution in [0.25, 0.3) is 16.6 Å². The van der Waals surface area contributed by atoms with Crippen LogP contribution in [0.5, 0.6) is 0 Å². The number of halogens is 2. The van der Waals surface area contributed by atoms with Gasteiger partial charge in [-0.05, 0) is 57.2 Å². The molecule has 0 saturated heterocycles. The third kappa shape index (κ3) is 3.07. The molecule has 0 N–H and O–H groups in total. The Morgan fingerprint density at radius 2 is 1.58 bits per heavy atom. The van der Waals surface area contributed by atoms with Gasteiger partial charge in [0.2, 0.25) is 0 Å². The molecule has 0 atom stereocenters. The van der Waals surface area contributed by atoms with E-state index in [1.165, 1.54) is 28.3 Å². The van der Waals surface area contributed by atoms with Crippen molar-refractivity contribution >= 4 is 51.2 Å². The standard InChI is InChI=1S/C25H27Cl2N4/c1-4-28-22-15-18(26)19(27)16-23(22)29(5-2)24(28)12-11-17-13-14-31-21-10-8-7-9-20(21)30(6-3)25(17)31/h7-12,15-16H,4-6,13-14H2,1-3H3/q+1. The zero-order valence-electron chi connectivity index (χ0n) is 18.2. The van der Waals surface area contributed by atoms with Gasteiger partial charge in [-0.1, -0.05) is 35.3 Å². The number of allylic oxidation sites excluding steroid dienone is 3. The van der Waals surface area contributed by atoms with E-state index in [9.17, 15) is 0 Å². The van der Waals surface area contributed by atoms with E-state index < -0.39 is 0 Å². The highest BCUT2D eigenvalue weighted by Crippen LogP contribution is 2.45. The van der Waals surface area contributed by atoms with Gasteiger partial charge < -0.3 is 9.80 Å². The van der Waals surface area contributed by atoms with Crippen LogP contribution in [0.15, 0.2) is 54.4 Å². The molecule has 4 nitrogen and oxygen atoms in total. The van der Waals surface area contributed by atoms with Crippen molar-refractivity contribution in [2.24, 2.45) is 0 Å². The highest BCUT2D eigenvalue weighted by molar-refractivity contribution is 6.42. The average molecular weight is 454 g/mol. The van der Waals surface area contributed by atoms with Gasteiger partial charge in [0.15, 0.2) is 11.0 Å². The minimum absolute atomic E-state index is 0.596. The average Bonchev–Trinajstić information content (AvgIpc) is 3.41. The summed E-state index contributed by atoms with van der Waals surface area (Å²) in [6.45, 7) is 10.3. The van der Waals surface area contributed by atoms with Crippen molar-refractivity contribution in [3.05, 3.63) is 70.2 Å². The summed E-state index contributed by atoms with van der Waals surface area (Å²) < 4.78 is 4.89. The quantitative estimate of drug-likeness (QED) is 0.433. The van der Waals surface area contributed by atoms with E-state index >= 15 is 0 Å². The predicted molar refractivity (Wildman–Crippen MR) is 131 cm³/mol. The van der Waals surface area contributed by atoms with E-state index in [4.69, 9.17) is 23.2 Å². The number of benzene rings is 2. The zero-order valence-corrected chi connectivity index (χ0v) is 19.7. The number of hydrogen-bond donors (Lipinski definition) is 0. The monoisotopic (exact) mass is 453 g/mol. The number of para-hydroxylation sites is 2. The van der Waals surface area contributed by atoms with Crippen LogP contribution >= 0.6 is 23.2 Å². The van der Waals surface area contributed by atoms with Crippen LogP contribution in [-0.4, -0.2) is 17.7 Å². The van der Waals surface area contributed by atoms with E-state index in [1.807, 2.05) is 12.1 Å². The molecule has 0 amide bonds. The Balaban J connectivity index is 1.61. The lowest BCUT2D eigenvalue weighted by Gasteiger charge is -2.23. The summed E-state index contributed by atoms with van der Waals surface area (Å²) in [7, 11) is 0. The number of nitrogens with zero attached hydrogens (tertiary/aromatic N) is 4. The minimum Gasteiger partial charge on any atom is -0.326 e. The molecule has 0 bridgehead atoms. The van der Waals surface area contributed by atoms with Crippen molar-refractivity contribution in [2.45, 2.75) is 40.3 Å². The molecule has 6 heteroatoms. The first-order valence-electron chi connectivity index (χ1n) is 11.0. The highest BCUT2D eigenvalue weighted by Gasteiger charge is 2.33. The van der Waals surface area contributed by atoms with Gasteiger partial charge in [-0.2, -0.15) is 0 Å². The highest BCUT2D eigenvalue weighted by atomic mass is 35.5. The maximum atomic E-state index is 6.35. The summed E-state index contributed by atoms with van der Waals surface area (Å²) in [5, 5.41) is 1.19. The van der Waals surface area contributed by atoms with Crippen LogP contribution in [0, 0.1) is 0 Å². The number of aryl methyl sites for hydroxylation is 2. The first-order valence-corrected chi connectivity index (χ1v) is 11.8. The SMILES string of the molecule is CCN1C(=CC=C2CCn3c2[n+](CC)c2ccccc23)N(CC)c2cc(Cl)c(Cl)cc21. The largest absolute Gasteiger partial charge is 0.326 e. The molecule has 2 aromatic carbocycles. The molecular weight excluding hydrogens is 427 g/mol. The van der Waals surface area contributed by atoms with Crippen LogP contribution in [0.2, 0.25) is 10.0 Å². The molecule has 0 unspecified atom stereocenters. The topological polar surface area (TPSA) is 15.3 Å². The van der Waals surface area contributed by atoms with Crippen LogP contribution in [-0.2, 0) is 13.1 Å². The van der Waals surface area contributed by atoms with Gasteiger partial charge in [-0.3, -0.25) is 0 Å². The molecule has 5 rings (SSSR count). The molecule has 3 aromatic rings. The van der Waals surface area contributed by atoms with Crippen LogP contribution in [0.1, 0.15) is 33.0 Å². The van der Waals surface area contributed by atoms with Gasteiger partial charge in [-0.15, -0.1) is 0 Å². The third-order valence-electron chi connectivity index (χ3n) is 6.40. The van der Waals surface area contributed by atoms with Crippen molar-refractivity contribution in [2.75, 3.05) is 22.9 Å². The molecule has 0 aliphatic carbocycles. The normalized spacial score (nSPS) is 16.5. The molecule has 3 heterocycles. The fourth-order valence-electron chi connectivity index (χ4n) is 5.06. The van der Waals surface area contributed by atoms with Gasteiger partial charge >= 0.3 is 0 Å². The molecular formula is C25H27Cl2N4+. The molecule has 0 fully saturated rings. The summed E-state index contributed by atoms with van der Waals surface area (Å²) in [6.07, 6.45) is 5.61. The van der Waals surface area contributed by atoms with E-state index in [0.717, 1.165) is 44.0 Å². The van der Waals surface area contributed by atoms with Crippen molar-refractivity contribution < 1.29 is 4.57 Å². The molecule has 0 saturated carbocycles. The smallest absolute Gasteiger partial charge is 0.285 e. The lowest BCUT2D eigenvalue weighted by molar-refractivity contribution is -0.670. The second kappa shape index (κ2) is 7.92. The summed E-state index contributed by atoms with van der Waals surface area (Å²) >= 11 is 12.7. The Morgan fingerprint density at radius 3 is 2.19 bits per heavy atom. The predicted octanol–water partition coefficient (Wildman–Crippen LogP) is 6.25. The Labute approximate surface area is 193 Å². The lowest BCUT2D eigenvalue weighted by Crippen LogP contribution is -2.35. The second-order valence-corrected chi connectivity index (χ2v) is 8.73. The summed E-state index contributed by atoms with van der Waals surface area (Å²) in [6, 6.07) is 12.7. The Morgan fingerprint density at radius 1 is 0.935 bits per heavy atom. The van der Waals surface area contributed by atoms with Crippen molar-refractivity contribution in [1.29, 1.82) is 0 Å². The number of rotatable bonds is 4. The molecule has 1 aromatic heterocycles. The van der Waals surface area contributed by atoms with Crippen molar-refractivity contribution in [1.82, 2.24) is 4.57 Å². The summed E-state index contributed by atoms with van der Waals surface area (Å²) in [5.74, 6) is 2.50. The second-order valence-electron chi connectivity index (χ2n) is 7.92. The minimum atomic E-state index is 0.596. The lowest BCUT2D eigenvalue weighted by atomic mass is 10.2. The van der Waals surface area contributed by atoms with Gasteiger partial charge in [0.1, 0.15) is 5.82 Å². The van der Waals surface area contributed by atoms with Gasteiger partial charge in [-0.25, -0.2) is 9.13 Å². The van der Waals surface area contributed by atoms with Gasteiger partial charge in [0.25, 0.3) is 5.82 Å². The Hall–Kier alpha value is -2.43. The zero-order chi connectivity index (χ0) is 21.7. The van der Waals surface area contributed by atoms with Crippen LogP contribution < -0.4 is 14.4 Å². The Kier molecular flexibility index (Phi) is 5.23. The molecule has 0 spiro atoms. The maximum absolute atomic E-state index is 6.35. The summed E-state index contributed by atoms with van der Waals surface area (Å²) in [4.78, 5) is 4.63. The summed E-state index contributed by atoms with van der Waals surface area (Å²) in [5.41, 5.74) is 6.24. The van der Waals surface area contributed by atoms with E-state index in [0.29, 0.717) is 10.0 Å². The van der Waals surface area contributed by atoms with Gasteiger partial charge in [0, 0.05) is 25.1 Å². The van der Waals surface area contributed by atoms with E-state index in [2.05, 4.69) is 76.1 Å².